The fraction of sp³-hybridized carbons (Fsp3) is 0.400. The van der Waals surface area contributed by atoms with Crippen LogP contribution in [0.5, 0.6) is 0 Å². The van der Waals surface area contributed by atoms with Crippen LogP contribution in [0.15, 0.2) is 10.0 Å². The van der Waals surface area contributed by atoms with Crippen molar-refractivity contribution in [3.8, 4) is 6.07 Å². The number of nitriles is 1. The average Bonchev–Trinajstić information content (AvgIpc) is 2.56. The molecule has 0 radical (unpaired) electrons. The van der Waals surface area contributed by atoms with Gasteiger partial charge in [0.05, 0.1) is 6.42 Å². The summed E-state index contributed by atoms with van der Waals surface area (Å²) in [5.41, 5.74) is 1.13. The third-order valence-electron chi connectivity index (χ3n) is 2.16. The molecule has 0 fully saturated rings. The first-order valence-corrected chi connectivity index (χ1v) is 5.89. The highest BCUT2D eigenvalue weighted by atomic mass is 32.2. The monoisotopic (exact) mass is 234 g/mol. The molecule has 5 nitrogen and oxygen atoms in total. The molecule has 0 N–H and O–H groups in total. The standard InChI is InChI=1S/C10H10N4OS/c1-3-16-10-7(5-11)9-12-6(2)4-8(15)14(9)13-10/h3-4H2,1-2H3. The van der Waals surface area contributed by atoms with E-state index in [1.807, 2.05) is 6.92 Å². The largest absolute Gasteiger partial charge is 0.272 e. The summed E-state index contributed by atoms with van der Waals surface area (Å²) in [7, 11) is 0. The number of carbonyl (C=O) groups is 1. The molecule has 0 spiro atoms. The summed E-state index contributed by atoms with van der Waals surface area (Å²) in [6, 6.07) is 2.07. The topological polar surface area (TPSA) is 71.0 Å². The highest BCUT2D eigenvalue weighted by Gasteiger charge is 2.25. The summed E-state index contributed by atoms with van der Waals surface area (Å²) in [4.78, 5) is 15.9. The molecule has 0 amide bonds. The molecular formula is C10H10N4OS. The second-order valence-corrected chi connectivity index (χ2v) is 4.63. The molecular weight excluding hydrogens is 224 g/mol. The number of thioether (sulfide) groups is 1. The van der Waals surface area contributed by atoms with E-state index < -0.39 is 0 Å². The summed E-state index contributed by atoms with van der Waals surface area (Å²) in [6.45, 7) is 3.75. The van der Waals surface area contributed by atoms with Crippen LogP contribution in [0.1, 0.15) is 30.6 Å². The quantitative estimate of drug-likeness (QED) is 0.734. The van der Waals surface area contributed by atoms with Gasteiger partial charge in [0.15, 0.2) is 5.82 Å². The Balaban J connectivity index is 2.61. The lowest BCUT2D eigenvalue weighted by Gasteiger charge is -2.08. The Morgan fingerprint density at radius 3 is 3.00 bits per heavy atom. The Hall–Kier alpha value is -1.61. The van der Waals surface area contributed by atoms with Gasteiger partial charge in [-0.15, -0.1) is 11.8 Å². The Labute approximate surface area is 97.2 Å². The van der Waals surface area contributed by atoms with Gasteiger partial charge in [0.25, 0.3) is 5.91 Å². The summed E-state index contributed by atoms with van der Waals surface area (Å²) >= 11 is 1.45. The first-order chi connectivity index (χ1) is 7.67. The van der Waals surface area contributed by atoms with Gasteiger partial charge in [-0.1, -0.05) is 6.92 Å². The van der Waals surface area contributed by atoms with E-state index in [1.165, 1.54) is 16.4 Å². The molecule has 1 aromatic rings. The average molecular weight is 234 g/mol. The van der Waals surface area contributed by atoms with Crippen molar-refractivity contribution < 1.29 is 4.79 Å². The van der Waals surface area contributed by atoms with Crippen LogP contribution in [-0.4, -0.2) is 27.2 Å². The molecule has 1 aromatic heterocycles. The number of hydrogen-bond donors (Lipinski definition) is 0. The van der Waals surface area contributed by atoms with Crippen LogP contribution < -0.4 is 0 Å². The van der Waals surface area contributed by atoms with E-state index in [9.17, 15) is 4.79 Å². The highest BCUT2D eigenvalue weighted by molar-refractivity contribution is 7.99. The summed E-state index contributed by atoms with van der Waals surface area (Å²) in [5, 5.41) is 13.8. The first-order valence-electron chi connectivity index (χ1n) is 4.90. The Bertz CT molecular complexity index is 524. The lowest BCUT2D eigenvalue weighted by molar-refractivity contribution is 0.0905. The summed E-state index contributed by atoms with van der Waals surface area (Å²) < 4.78 is 1.24. The van der Waals surface area contributed by atoms with Crippen LogP contribution in [0.2, 0.25) is 0 Å². The molecule has 16 heavy (non-hydrogen) atoms. The second-order valence-electron chi connectivity index (χ2n) is 3.38. The van der Waals surface area contributed by atoms with Crippen LogP contribution in [0.3, 0.4) is 0 Å². The number of rotatable bonds is 2. The van der Waals surface area contributed by atoms with Gasteiger partial charge in [0.1, 0.15) is 16.7 Å². The molecule has 1 aliphatic rings. The zero-order valence-corrected chi connectivity index (χ0v) is 9.84. The van der Waals surface area contributed by atoms with Gasteiger partial charge in [-0.25, -0.2) is 4.99 Å². The molecule has 82 valence electrons. The second kappa shape index (κ2) is 4.10. The van der Waals surface area contributed by atoms with Crippen LogP contribution in [0, 0.1) is 11.3 Å². The van der Waals surface area contributed by atoms with E-state index in [0.29, 0.717) is 16.4 Å². The number of hydrogen-bond acceptors (Lipinski definition) is 5. The van der Waals surface area contributed by atoms with Crippen molar-refractivity contribution in [1.82, 2.24) is 9.78 Å². The fourth-order valence-corrected chi connectivity index (χ4v) is 2.21. The predicted molar refractivity (Wildman–Crippen MR) is 61.4 cm³/mol. The molecule has 2 rings (SSSR count). The number of fused-ring (bicyclic) bond motifs is 1. The van der Waals surface area contributed by atoms with Gasteiger partial charge in [0, 0.05) is 5.71 Å². The Morgan fingerprint density at radius 1 is 1.62 bits per heavy atom. The van der Waals surface area contributed by atoms with Crippen molar-refractivity contribution in [2.45, 2.75) is 25.3 Å². The maximum Gasteiger partial charge on any atom is 0.254 e. The minimum atomic E-state index is -0.123. The van der Waals surface area contributed by atoms with E-state index in [2.05, 4.69) is 16.2 Å². The molecule has 0 saturated carbocycles. The smallest absolute Gasteiger partial charge is 0.254 e. The van der Waals surface area contributed by atoms with Crippen LogP contribution in [-0.2, 0) is 0 Å². The van der Waals surface area contributed by atoms with Gasteiger partial charge in [-0.05, 0) is 12.7 Å². The van der Waals surface area contributed by atoms with Crippen molar-refractivity contribution in [3.05, 3.63) is 5.56 Å². The number of carbonyl (C=O) groups excluding carboxylic acids is 1. The maximum absolute atomic E-state index is 11.7. The van der Waals surface area contributed by atoms with Crippen LogP contribution >= 0.6 is 11.8 Å². The predicted octanol–water partition coefficient (Wildman–Crippen LogP) is 2.00. The zero-order valence-electron chi connectivity index (χ0n) is 9.02. The molecule has 0 unspecified atom stereocenters. The molecule has 0 atom stereocenters. The molecule has 2 heterocycles. The van der Waals surface area contributed by atoms with Gasteiger partial charge in [0.2, 0.25) is 0 Å². The van der Waals surface area contributed by atoms with Crippen LogP contribution in [0.25, 0.3) is 0 Å². The van der Waals surface area contributed by atoms with E-state index in [-0.39, 0.29) is 12.3 Å². The highest BCUT2D eigenvalue weighted by Crippen LogP contribution is 2.31. The number of nitrogens with zero attached hydrogens (tertiary/aromatic N) is 4. The number of aliphatic imine (C=N–C) groups is 1. The van der Waals surface area contributed by atoms with E-state index in [0.717, 1.165) is 11.5 Å². The van der Waals surface area contributed by atoms with Gasteiger partial charge in [-0.3, -0.25) is 4.79 Å². The lowest BCUT2D eigenvalue weighted by Crippen LogP contribution is -2.19. The minimum absolute atomic E-state index is 0.123. The SMILES string of the molecule is CCSc1nn2c(c1C#N)N=C(C)CC2=O. The summed E-state index contributed by atoms with van der Waals surface area (Å²) in [5.74, 6) is 1.07. The zero-order chi connectivity index (χ0) is 11.7. The number of aromatic nitrogens is 2. The summed E-state index contributed by atoms with van der Waals surface area (Å²) in [6.07, 6.45) is 0.274. The van der Waals surface area contributed by atoms with Crippen molar-refractivity contribution in [3.63, 3.8) is 0 Å². The Kier molecular flexibility index (Phi) is 2.79. The maximum atomic E-state index is 11.7. The normalized spacial score (nSPS) is 14.3. The van der Waals surface area contributed by atoms with Crippen LogP contribution in [0.4, 0.5) is 5.82 Å². The molecule has 0 bridgehead atoms. The van der Waals surface area contributed by atoms with E-state index >= 15 is 0 Å². The molecule has 0 aromatic carbocycles. The van der Waals surface area contributed by atoms with Gasteiger partial charge < -0.3 is 0 Å². The first kappa shape index (κ1) is 10.9. The molecule has 0 aliphatic carbocycles. The third kappa shape index (κ3) is 1.63. The van der Waals surface area contributed by atoms with Gasteiger partial charge in [-0.2, -0.15) is 15.0 Å². The van der Waals surface area contributed by atoms with E-state index in [4.69, 9.17) is 5.26 Å². The van der Waals surface area contributed by atoms with Crippen molar-refractivity contribution >= 4 is 29.2 Å². The Morgan fingerprint density at radius 2 is 2.38 bits per heavy atom. The molecule has 6 heteroatoms. The van der Waals surface area contributed by atoms with Crippen molar-refractivity contribution in [2.24, 2.45) is 4.99 Å². The molecule has 0 saturated heterocycles. The fourth-order valence-electron chi connectivity index (χ4n) is 1.52. The van der Waals surface area contributed by atoms with Gasteiger partial charge >= 0.3 is 0 Å². The molecule has 1 aliphatic heterocycles. The van der Waals surface area contributed by atoms with E-state index in [1.54, 1.807) is 6.92 Å². The minimum Gasteiger partial charge on any atom is -0.272 e. The third-order valence-corrected chi connectivity index (χ3v) is 3.01. The van der Waals surface area contributed by atoms with Crippen molar-refractivity contribution in [1.29, 1.82) is 5.26 Å². The lowest BCUT2D eigenvalue weighted by atomic mass is 10.2. The van der Waals surface area contributed by atoms with Crippen molar-refractivity contribution in [2.75, 3.05) is 5.75 Å².